The van der Waals surface area contributed by atoms with Crippen molar-refractivity contribution in [3.8, 4) is 12.3 Å². The van der Waals surface area contributed by atoms with E-state index in [4.69, 9.17) is 11.2 Å². The summed E-state index contributed by atoms with van der Waals surface area (Å²) in [4.78, 5) is 0. The highest BCUT2D eigenvalue weighted by atomic mass is 33.1. The lowest BCUT2D eigenvalue weighted by atomic mass is 9.77. The van der Waals surface area contributed by atoms with Crippen molar-refractivity contribution in [2.45, 2.75) is 69.2 Å². The maximum absolute atomic E-state index is 5.85. The molecule has 0 bridgehead atoms. The Bertz CT molecular complexity index is 587. The molecule has 0 amide bonds. The van der Waals surface area contributed by atoms with Crippen molar-refractivity contribution < 1.29 is 4.74 Å². The molecule has 1 unspecified atom stereocenters. The van der Waals surface area contributed by atoms with Crippen LogP contribution in [0.15, 0.2) is 45.9 Å². The highest BCUT2D eigenvalue weighted by Crippen LogP contribution is 2.39. The van der Waals surface area contributed by atoms with Crippen LogP contribution in [0.1, 0.15) is 69.2 Å². The van der Waals surface area contributed by atoms with Gasteiger partial charge in [-0.15, -0.1) is 6.42 Å². The van der Waals surface area contributed by atoms with Crippen LogP contribution >= 0.6 is 21.6 Å². The lowest BCUT2D eigenvalue weighted by Gasteiger charge is -2.31. The van der Waals surface area contributed by atoms with Gasteiger partial charge in [-0.25, -0.2) is 0 Å². The Morgan fingerprint density at radius 3 is 1.89 bits per heavy atom. The summed E-state index contributed by atoms with van der Waals surface area (Å²) in [5, 5.41) is 3.91. The van der Waals surface area contributed by atoms with Crippen LogP contribution in [0.4, 0.5) is 0 Å². The molecule has 0 rings (SSSR count). The molecular weight excluding hydrogens is 368 g/mol. The summed E-state index contributed by atoms with van der Waals surface area (Å²) < 4.78 is 5.85. The van der Waals surface area contributed by atoms with E-state index in [0.717, 1.165) is 16.9 Å². The molecule has 27 heavy (non-hydrogen) atoms. The van der Waals surface area contributed by atoms with Gasteiger partial charge in [0.15, 0.2) is 0 Å². The van der Waals surface area contributed by atoms with Crippen LogP contribution in [0.25, 0.3) is 0 Å². The third kappa shape index (κ3) is 10.2. The molecule has 0 aromatic heterocycles. The van der Waals surface area contributed by atoms with Crippen molar-refractivity contribution in [1.82, 2.24) is 0 Å². The summed E-state index contributed by atoms with van der Waals surface area (Å²) in [5.41, 5.74) is 3.48. The molecule has 0 aliphatic carbocycles. The van der Waals surface area contributed by atoms with Crippen LogP contribution in [0.2, 0.25) is 0 Å². The maximum Gasteiger partial charge on any atom is 0.121 e. The van der Waals surface area contributed by atoms with Gasteiger partial charge in [-0.2, -0.15) is 0 Å². The minimum absolute atomic E-state index is 0.0304. The zero-order valence-electron chi connectivity index (χ0n) is 19.3. The Morgan fingerprint density at radius 2 is 1.56 bits per heavy atom. The molecule has 0 radical (unpaired) electrons. The monoisotopic (exact) mass is 408 g/mol. The van der Waals surface area contributed by atoms with Gasteiger partial charge in [-0.3, -0.25) is 0 Å². The summed E-state index contributed by atoms with van der Waals surface area (Å²) in [5.74, 6) is 3.80. The van der Waals surface area contributed by atoms with E-state index < -0.39 is 0 Å². The largest absolute Gasteiger partial charge is 0.497 e. The molecule has 3 heteroatoms. The molecule has 0 fully saturated rings. The molecular formula is C24H40OS2. The third-order valence-corrected chi connectivity index (χ3v) is 5.83. The Labute approximate surface area is 177 Å². The Hall–Kier alpha value is -0.980. The second-order valence-electron chi connectivity index (χ2n) is 8.10. The lowest BCUT2D eigenvalue weighted by molar-refractivity contribution is 0.266. The Kier molecular flexibility index (Phi) is 13.8. The van der Waals surface area contributed by atoms with Crippen LogP contribution < -0.4 is 0 Å². The molecule has 0 N–H and O–H groups in total. The fraction of sp³-hybridized carbons (Fsp3) is 0.583. The third-order valence-electron chi connectivity index (χ3n) is 4.08. The Morgan fingerprint density at radius 1 is 1.04 bits per heavy atom. The van der Waals surface area contributed by atoms with Crippen LogP contribution in [-0.4, -0.2) is 7.11 Å². The molecule has 0 heterocycles. The van der Waals surface area contributed by atoms with Crippen LogP contribution in [0.5, 0.6) is 0 Å². The number of methoxy groups -OCH3 is 1. The summed E-state index contributed by atoms with van der Waals surface area (Å²) in [7, 11) is 4.97. The maximum atomic E-state index is 5.85. The Balaban J connectivity index is 0. The zero-order valence-corrected chi connectivity index (χ0v) is 21.0. The van der Waals surface area contributed by atoms with Gasteiger partial charge in [-0.1, -0.05) is 95.6 Å². The first kappa shape index (κ1) is 28.2. The number of terminal acetylenes is 1. The molecule has 0 saturated heterocycles. The highest BCUT2D eigenvalue weighted by molar-refractivity contribution is 8.78. The van der Waals surface area contributed by atoms with Crippen molar-refractivity contribution in [2.24, 2.45) is 16.7 Å². The molecule has 154 valence electrons. The molecule has 1 nitrogen and oxygen atoms in total. The SMILES string of the molecule is C#CC(/C=C(\C(OC)=C(/C)C(C)(C)C)C(C)(C)C)/C(C)=C/SSC=C.CC. The van der Waals surface area contributed by atoms with Gasteiger partial charge in [0.1, 0.15) is 5.76 Å². The van der Waals surface area contributed by atoms with E-state index in [9.17, 15) is 0 Å². The van der Waals surface area contributed by atoms with Gasteiger partial charge in [0.05, 0.1) is 13.0 Å². The molecule has 0 saturated carbocycles. The number of ether oxygens (including phenoxy) is 1. The first-order valence-electron chi connectivity index (χ1n) is 9.44. The van der Waals surface area contributed by atoms with Gasteiger partial charge in [0.25, 0.3) is 0 Å². The topological polar surface area (TPSA) is 9.23 Å². The summed E-state index contributed by atoms with van der Waals surface area (Å²) in [6.45, 7) is 25.1. The van der Waals surface area contributed by atoms with Crippen molar-refractivity contribution >= 4 is 21.6 Å². The summed E-state index contributed by atoms with van der Waals surface area (Å²) in [6.07, 6.45) is 8.02. The normalized spacial score (nSPS) is 15.0. The summed E-state index contributed by atoms with van der Waals surface area (Å²) in [6, 6.07) is 0. The van der Waals surface area contributed by atoms with Gasteiger partial charge in [-0.05, 0) is 52.2 Å². The van der Waals surface area contributed by atoms with E-state index in [1.54, 1.807) is 28.7 Å². The van der Waals surface area contributed by atoms with Gasteiger partial charge in [0, 0.05) is 0 Å². The molecule has 0 spiro atoms. The number of rotatable bonds is 7. The first-order valence-corrected chi connectivity index (χ1v) is 11.7. The summed E-state index contributed by atoms with van der Waals surface area (Å²) >= 11 is 0. The minimum atomic E-state index is -0.0732. The predicted octanol–water partition coefficient (Wildman–Crippen LogP) is 8.63. The van der Waals surface area contributed by atoms with E-state index in [2.05, 4.69) is 79.4 Å². The standard InChI is InChI=1S/C22H34OS2.C2H6/c1-12-18(16(3)15-25-24-13-2)14-19(22(8,9)10)20(23-11)17(4)21(5,6)7;1-2/h1,13-15,18H,2H2,3-11H3;1-2H3/b16-15+,19-14+,20-17-;. The molecule has 0 aromatic rings. The predicted molar refractivity (Wildman–Crippen MR) is 130 cm³/mol. The van der Waals surface area contributed by atoms with Crippen molar-refractivity contribution in [2.75, 3.05) is 7.11 Å². The fourth-order valence-electron chi connectivity index (χ4n) is 2.17. The molecule has 0 aromatic carbocycles. The van der Waals surface area contributed by atoms with Crippen LogP contribution in [0, 0.1) is 29.1 Å². The van der Waals surface area contributed by atoms with Crippen LogP contribution in [-0.2, 0) is 4.74 Å². The second-order valence-corrected chi connectivity index (χ2v) is 10.2. The van der Waals surface area contributed by atoms with Crippen molar-refractivity contribution in [1.29, 1.82) is 0 Å². The van der Waals surface area contributed by atoms with E-state index in [1.165, 1.54) is 5.57 Å². The second kappa shape index (κ2) is 13.2. The average Bonchev–Trinajstić information content (AvgIpc) is 2.58. The van der Waals surface area contributed by atoms with E-state index >= 15 is 0 Å². The first-order chi connectivity index (χ1) is 12.4. The van der Waals surface area contributed by atoms with E-state index in [-0.39, 0.29) is 16.7 Å². The quantitative estimate of drug-likeness (QED) is 0.137. The zero-order chi connectivity index (χ0) is 21.8. The fourth-order valence-corrected chi connectivity index (χ4v) is 3.46. The van der Waals surface area contributed by atoms with Crippen molar-refractivity contribution in [3.05, 3.63) is 45.9 Å². The minimum Gasteiger partial charge on any atom is -0.497 e. The highest BCUT2D eigenvalue weighted by Gasteiger charge is 2.28. The number of hydrogen-bond donors (Lipinski definition) is 0. The lowest BCUT2D eigenvalue weighted by Crippen LogP contribution is -2.19. The molecule has 0 aliphatic heterocycles. The van der Waals surface area contributed by atoms with Gasteiger partial charge in [0.2, 0.25) is 0 Å². The van der Waals surface area contributed by atoms with Gasteiger partial charge >= 0.3 is 0 Å². The smallest absolute Gasteiger partial charge is 0.121 e. The van der Waals surface area contributed by atoms with E-state index in [0.29, 0.717) is 0 Å². The number of allylic oxidation sites excluding steroid dienone is 4. The van der Waals surface area contributed by atoms with Gasteiger partial charge < -0.3 is 4.74 Å². The molecule has 0 aliphatic rings. The van der Waals surface area contributed by atoms with Crippen LogP contribution in [0.3, 0.4) is 0 Å². The average molecular weight is 409 g/mol. The number of hydrogen-bond acceptors (Lipinski definition) is 3. The molecule has 1 atom stereocenters. The van der Waals surface area contributed by atoms with Crippen molar-refractivity contribution in [3.63, 3.8) is 0 Å². The van der Waals surface area contributed by atoms with E-state index in [1.807, 2.05) is 19.3 Å².